The Morgan fingerprint density at radius 2 is 1.85 bits per heavy atom. The second-order valence-electron chi connectivity index (χ2n) is 4.46. The summed E-state index contributed by atoms with van der Waals surface area (Å²) < 4.78 is 0. The molecule has 0 radical (unpaired) electrons. The summed E-state index contributed by atoms with van der Waals surface area (Å²) in [5.74, 6) is -2.96. The molecule has 20 heavy (non-hydrogen) atoms. The van der Waals surface area contributed by atoms with Gasteiger partial charge in [0, 0.05) is 5.69 Å². The van der Waals surface area contributed by atoms with Gasteiger partial charge in [-0.25, -0.2) is 4.79 Å². The van der Waals surface area contributed by atoms with Crippen molar-refractivity contribution in [2.45, 2.75) is 26.3 Å². The monoisotopic (exact) mass is 280 g/mol. The largest absolute Gasteiger partial charge is 0.481 e. The van der Waals surface area contributed by atoms with E-state index in [1.807, 2.05) is 0 Å². The van der Waals surface area contributed by atoms with Gasteiger partial charge in [0.2, 0.25) is 5.91 Å². The van der Waals surface area contributed by atoms with Crippen LogP contribution < -0.4 is 11.1 Å². The summed E-state index contributed by atoms with van der Waals surface area (Å²) in [5.41, 5.74) is 7.08. The van der Waals surface area contributed by atoms with Crippen molar-refractivity contribution in [1.82, 2.24) is 0 Å². The van der Waals surface area contributed by atoms with Gasteiger partial charge < -0.3 is 21.3 Å². The molecule has 5 N–H and O–H groups in total. The van der Waals surface area contributed by atoms with Crippen molar-refractivity contribution < 1.29 is 24.6 Å². The van der Waals surface area contributed by atoms with Crippen LogP contribution in [0.4, 0.5) is 5.69 Å². The molecule has 0 fully saturated rings. The lowest BCUT2D eigenvalue weighted by Crippen LogP contribution is -2.37. The molecule has 0 aliphatic rings. The molecule has 0 heterocycles. The van der Waals surface area contributed by atoms with E-state index in [1.54, 1.807) is 19.9 Å². The van der Waals surface area contributed by atoms with Crippen molar-refractivity contribution in [3.05, 3.63) is 28.8 Å². The summed E-state index contributed by atoms with van der Waals surface area (Å²) in [6, 6.07) is 1.73. The van der Waals surface area contributed by atoms with Crippen LogP contribution in [0.3, 0.4) is 0 Å². The normalized spacial score (nSPS) is 11.8. The number of carboxylic acid groups (broad SMARTS) is 2. The van der Waals surface area contributed by atoms with Gasteiger partial charge in [0.05, 0.1) is 18.0 Å². The number of amides is 1. The number of carbonyl (C=O) groups excluding carboxylic acids is 1. The van der Waals surface area contributed by atoms with E-state index in [-0.39, 0.29) is 11.3 Å². The lowest BCUT2D eigenvalue weighted by molar-refractivity contribution is -0.138. The number of nitrogens with two attached hydrogens (primary N) is 1. The molecule has 1 atom stereocenters. The van der Waals surface area contributed by atoms with Crippen molar-refractivity contribution in [1.29, 1.82) is 0 Å². The van der Waals surface area contributed by atoms with E-state index in [1.165, 1.54) is 6.07 Å². The zero-order valence-electron chi connectivity index (χ0n) is 11.1. The van der Waals surface area contributed by atoms with Gasteiger partial charge in [0.15, 0.2) is 0 Å². The van der Waals surface area contributed by atoms with E-state index in [2.05, 4.69) is 5.32 Å². The van der Waals surface area contributed by atoms with Gasteiger partial charge in [-0.3, -0.25) is 9.59 Å². The highest BCUT2D eigenvalue weighted by Crippen LogP contribution is 2.20. The molecule has 108 valence electrons. The first-order valence-corrected chi connectivity index (χ1v) is 5.85. The molecule has 0 aliphatic heterocycles. The highest BCUT2D eigenvalue weighted by Gasteiger charge is 2.18. The average molecular weight is 280 g/mol. The number of aromatic carboxylic acids is 1. The molecule has 0 spiro atoms. The summed E-state index contributed by atoms with van der Waals surface area (Å²) in [4.78, 5) is 33.2. The maximum Gasteiger partial charge on any atom is 0.336 e. The van der Waals surface area contributed by atoms with Crippen LogP contribution in [-0.4, -0.2) is 34.1 Å². The molecular weight excluding hydrogens is 264 g/mol. The predicted octanol–water partition coefficient (Wildman–Crippen LogP) is 0.742. The summed E-state index contributed by atoms with van der Waals surface area (Å²) in [6.45, 7) is 3.38. The van der Waals surface area contributed by atoms with Crippen LogP contribution in [0.25, 0.3) is 0 Å². The van der Waals surface area contributed by atoms with Gasteiger partial charge in [-0.05, 0) is 37.1 Å². The standard InChI is InChI=1S/C13H16N2O5/c1-6-3-8(4-9(7(6)2)13(19)20)15-12(18)10(14)5-11(16)17/h3-4,10H,5,14H2,1-2H3,(H,15,18)(H,16,17)(H,19,20). The van der Waals surface area contributed by atoms with E-state index in [9.17, 15) is 14.4 Å². The van der Waals surface area contributed by atoms with E-state index >= 15 is 0 Å². The van der Waals surface area contributed by atoms with Crippen LogP contribution in [0.5, 0.6) is 0 Å². The molecule has 0 aliphatic carbocycles. The molecule has 1 aromatic carbocycles. The summed E-state index contributed by atoms with van der Waals surface area (Å²) >= 11 is 0. The number of benzene rings is 1. The number of aryl methyl sites for hydroxylation is 1. The first kappa shape index (κ1) is 15.6. The molecule has 1 amide bonds. The molecular formula is C13H16N2O5. The summed E-state index contributed by atoms with van der Waals surface area (Å²) in [5, 5.41) is 20.0. The molecule has 1 rings (SSSR count). The Morgan fingerprint density at radius 3 is 2.35 bits per heavy atom. The SMILES string of the molecule is Cc1cc(NC(=O)C(N)CC(=O)O)cc(C(=O)O)c1C. The van der Waals surface area contributed by atoms with Gasteiger partial charge in [-0.2, -0.15) is 0 Å². The summed E-state index contributed by atoms with van der Waals surface area (Å²) in [6.07, 6.45) is -0.498. The second-order valence-corrected chi connectivity index (χ2v) is 4.46. The molecule has 1 aromatic rings. The Labute approximate surface area is 115 Å². The van der Waals surface area contributed by atoms with Crippen molar-refractivity contribution in [3.8, 4) is 0 Å². The quantitative estimate of drug-likeness (QED) is 0.629. The number of anilines is 1. The van der Waals surface area contributed by atoms with Crippen molar-refractivity contribution in [2.75, 3.05) is 5.32 Å². The van der Waals surface area contributed by atoms with Crippen LogP contribution in [0.15, 0.2) is 12.1 Å². The first-order chi connectivity index (χ1) is 9.22. The summed E-state index contributed by atoms with van der Waals surface area (Å²) in [7, 11) is 0. The highest BCUT2D eigenvalue weighted by molar-refractivity contribution is 5.98. The Kier molecular flexibility index (Phi) is 4.82. The van der Waals surface area contributed by atoms with Gasteiger partial charge >= 0.3 is 11.9 Å². The predicted molar refractivity (Wildman–Crippen MR) is 71.7 cm³/mol. The maximum atomic E-state index is 11.7. The first-order valence-electron chi connectivity index (χ1n) is 5.85. The van der Waals surface area contributed by atoms with Crippen LogP contribution >= 0.6 is 0 Å². The molecule has 0 aromatic heterocycles. The zero-order chi connectivity index (χ0) is 15.4. The number of hydrogen-bond acceptors (Lipinski definition) is 4. The van der Waals surface area contributed by atoms with Gasteiger partial charge in [-0.1, -0.05) is 0 Å². The molecule has 1 unspecified atom stereocenters. The van der Waals surface area contributed by atoms with Crippen molar-refractivity contribution in [2.24, 2.45) is 5.73 Å². The van der Waals surface area contributed by atoms with Crippen molar-refractivity contribution in [3.63, 3.8) is 0 Å². The third-order valence-corrected chi connectivity index (χ3v) is 2.90. The Bertz CT molecular complexity index is 568. The minimum Gasteiger partial charge on any atom is -0.481 e. The maximum absolute atomic E-state index is 11.7. The molecule has 7 heteroatoms. The number of nitrogens with one attached hydrogen (secondary N) is 1. The van der Waals surface area contributed by atoms with E-state index in [0.29, 0.717) is 11.1 Å². The van der Waals surface area contributed by atoms with Crippen LogP contribution in [0.1, 0.15) is 27.9 Å². The van der Waals surface area contributed by atoms with E-state index < -0.39 is 30.3 Å². The van der Waals surface area contributed by atoms with Gasteiger partial charge in [0.1, 0.15) is 0 Å². The fourth-order valence-corrected chi connectivity index (χ4v) is 1.67. The lowest BCUT2D eigenvalue weighted by atomic mass is 10.0. The van der Waals surface area contributed by atoms with Crippen LogP contribution in [0, 0.1) is 13.8 Å². The number of aliphatic carboxylic acids is 1. The highest BCUT2D eigenvalue weighted by atomic mass is 16.4. The molecule has 0 bridgehead atoms. The van der Waals surface area contributed by atoms with Crippen LogP contribution in [0.2, 0.25) is 0 Å². The molecule has 0 saturated carbocycles. The minimum atomic E-state index is -1.19. The van der Waals surface area contributed by atoms with Crippen LogP contribution in [-0.2, 0) is 9.59 Å². The van der Waals surface area contributed by atoms with E-state index in [4.69, 9.17) is 15.9 Å². The van der Waals surface area contributed by atoms with Gasteiger partial charge in [0.25, 0.3) is 0 Å². The average Bonchev–Trinajstić information content (AvgIpc) is 2.32. The second kappa shape index (κ2) is 6.16. The minimum absolute atomic E-state index is 0.0760. The number of rotatable bonds is 5. The number of carboxylic acids is 2. The number of carbonyl (C=O) groups is 3. The fraction of sp³-hybridized carbons (Fsp3) is 0.308. The third-order valence-electron chi connectivity index (χ3n) is 2.90. The third kappa shape index (κ3) is 3.79. The number of hydrogen-bond donors (Lipinski definition) is 4. The molecule has 7 nitrogen and oxygen atoms in total. The smallest absolute Gasteiger partial charge is 0.336 e. The van der Waals surface area contributed by atoms with Crippen molar-refractivity contribution >= 4 is 23.5 Å². The Hall–Kier alpha value is -2.41. The zero-order valence-corrected chi connectivity index (χ0v) is 11.1. The molecule has 0 saturated heterocycles. The van der Waals surface area contributed by atoms with E-state index in [0.717, 1.165) is 0 Å². The fourth-order valence-electron chi connectivity index (χ4n) is 1.67. The Balaban J connectivity index is 2.96. The topological polar surface area (TPSA) is 130 Å². The van der Waals surface area contributed by atoms with Gasteiger partial charge in [-0.15, -0.1) is 0 Å². The lowest BCUT2D eigenvalue weighted by Gasteiger charge is -2.13. The Morgan fingerprint density at radius 1 is 1.25 bits per heavy atom.